The van der Waals surface area contributed by atoms with Gasteiger partial charge in [0, 0.05) is 23.6 Å². The summed E-state index contributed by atoms with van der Waals surface area (Å²) in [5, 5.41) is 6.35. The van der Waals surface area contributed by atoms with Gasteiger partial charge in [0.25, 0.3) is 0 Å². The van der Waals surface area contributed by atoms with E-state index in [0.717, 1.165) is 12.1 Å². The normalized spacial score (nSPS) is 10.4. The van der Waals surface area contributed by atoms with E-state index in [2.05, 4.69) is 20.6 Å². The number of aromatic nitrogens is 2. The molecule has 25 heavy (non-hydrogen) atoms. The van der Waals surface area contributed by atoms with Crippen molar-refractivity contribution in [3.05, 3.63) is 65.3 Å². The molecule has 0 radical (unpaired) electrons. The van der Waals surface area contributed by atoms with Gasteiger partial charge in [0.1, 0.15) is 11.6 Å². The first kappa shape index (κ1) is 16.9. The average Bonchev–Trinajstić information content (AvgIpc) is 2.59. The molecule has 0 spiro atoms. The van der Waals surface area contributed by atoms with Crippen molar-refractivity contribution in [2.24, 2.45) is 0 Å². The maximum Gasteiger partial charge on any atom is 0.229 e. The Labute approximate surface area is 147 Å². The SMILES string of the molecule is COc1ccc(Nc2ccnc(Nc3ccc(F)c(F)c3)n2)cc1Cl. The highest BCUT2D eigenvalue weighted by molar-refractivity contribution is 6.32. The number of hydrogen-bond acceptors (Lipinski definition) is 5. The van der Waals surface area contributed by atoms with Crippen LogP contribution in [0.1, 0.15) is 0 Å². The Morgan fingerprint density at radius 2 is 1.72 bits per heavy atom. The minimum Gasteiger partial charge on any atom is -0.495 e. The Morgan fingerprint density at radius 3 is 2.44 bits per heavy atom. The second-order valence-corrected chi connectivity index (χ2v) is 5.40. The van der Waals surface area contributed by atoms with Gasteiger partial charge in [-0.2, -0.15) is 4.98 Å². The van der Waals surface area contributed by atoms with Crippen LogP contribution in [0.3, 0.4) is 0 Å². The second-order valence-electron chi connectivity index (χ2n) is 4.99. The first-order valence-electron chi connectivity index (χ1n) is 7.21. The van der Waals surface area contributed by atoms with E-state index in [1.165, 1.54) is 19.4 Å². The zero-order valence-electron chi connectivity index (χ0n) is 13.1. The van der Waals surface area contributed by atoms with E-state index in [0.29, 0.717) is 28.0 Å². The molecule has 0 amide bonds. The first-order valence-corrected chi connectivity index (χ1v) is 7.58. The van der Waals surface area contributed by atoms with Gasteiger partial charge in [-0.3, -0.25) is 0 Å². The van der Waals surface area contributed by atoms with Gasteiger partial charge in [-0.25, -0.2) is 13.8 Å². The fourth-order valence-corrected chi connectivity index (χ4v) is 2.34. The second kappa shape index (κ2) is 7.31. The lowest BCUT2D eigenvalue weighted by Gasteiger charge is -2.10. The molecule has 0 fully saturated rings. The Morgan fingerprint density at radius 1 is 0.960 bits per heavy atom. The predicted molar refractivity (Wildman–Crippen MR) is 93.0 cm³/mol. The van der Waals surface area contributed by atoms with Crippen molar-refractivity contribution >= 4 is 34.7 Å². The number of halogens is 3. The average molecular weight is 363 g/mol. The molecule has 0 bridgehead atoms. The molecular formula is C17H13ClF2N4O. The Balaban J connectivity index is 1.77. The van der Waals surface area contributed by atoms with Gasteiger partial charge < -0.3 is 15.4 Å². The minimum atomic E-state index is -0.952. The fourth-order valence-electron chi connectivity index (χ4n) is 2.08. The van der Waals surface area contributed by atoms with Gasteiger partial charge >= 0.3 is 0 Å². The summed E-state index contributed by atoms with van der Waals surface area (Å²) in [6.07, 6.45) is 1.53. The van der Waals surface area contributed by atoms with E-state index in [1.807, 2.05) is 0 Å². The Bertz CT molecular complexity index is 908. The number of nitrogens with zero attached hydrogens (tertiary/aromatic N) is 2. The van der Waals surface area contributed by atoms with Crippen molar-refractivity contribution in [1.82, 2.24) is 9.97 Å². The molecule has 1 heterocycles. The van der Waals surface area contributed by atoms with Crippen molar-refractivity contribution in [3.63, 3.8) is 0 Å². The van der Waals surface area contributed by atoms with Crippen molar-refractivity contribution in [1.29, 1.82) is 0 Å². The Kier molecular flexibility index (Phi) is 4.95. The van der Waals surface area contributed by atoms with E-state index in [-0.39, 0.29) is 5.95 Å². The van der Waals surface area contributed by atoms with Gasteiger partial charge in [0.15, 0.2) is 11.6 Å². The molecule has 3 rings (SSSR count). The van der Waals surface area contributed by atoms with Crippen LogP contribution in [-0.2, 0) is 0 Å². The van der Waals surface area contributed by atoms with Crippen molar-refractivity contribution in [3.8, 4) is 5.75 Å². The van der Waals surface area contributed by atoms with E-state index in [9.17, 15) is 8.78 Å². The van der Waals surface area contributed by atoms with Crippen LogP contribution in [-0.4, -0.2) is 17.1 Å². The van der Waals surface area contributed by atoms with Crippen molar-refractivity contribution < 1.29 is 13.5 Å². The number of hydrogen-bond donors (Lipinski definition) is 2. The quantitative estimate of drug-likeness (QED) is 0.675. The zero-order valence-corrected chi connectivity index (χ0v) is 13.8. The summed E-state index contributed by atoms with van der Waals surface area (Å²) in [5.74, 6) is -0.571. The minimum absolute atomic E-state index is 0.232. The molecule has 128 valence electrons. The van der Waals surface area contributed by atoms with Crippen LogP contribution in [0.5, 0.6) is 5.75 Å². The third-order valence-electron chi connectivity index (χ3n) is 3.26. The molecule has 0 saturated heterocycles. The van der Waals surface area contributed by atoms with Crippen LogP contribution in [0.4, 0.5) is 31.9 Å². The number of benzene rings is 2. The highest BCUT2D eigenvalue weighted by Gasteiger charge is 2.06. The molecule has 0 aliphatic heterocycles. The molecule has 5 nitrogen and oxygen atoms in total. The summed E-state index contributed by atoms with van der Waals surface area (Å²) in [6, 6.07) is 10.3. The van der Waals surface area contributed by atoms with Gasteiger partial charge in [-0.05, 0) is 36.4 Å². The summed E-state index contributed by atoms with van der Waals surface area (Å²) in [4.78, 5) is 8.31. The third kappa shape index (κ3) is 4.13. The third-order valence-corrected chi connectivity index (χ3v) is 3.55. The first-order chi connectivity index (χ1) is 12.0. The molecule has 0 aliphatic carbocycles. The predicted octanol–water partition coefficient (Wildman–Crippen LogP) is 4.90. The van der Waals surface area contributed by atoms with Crippen LogP contribution in [0, 0.1) is 11.6 Å². The van der Waals surface area contributed by atoms with Crippen LogP contribution in [0.2, 0.25) is 5.02 Å². The molecule has 1 aromatic heterocycles. The summed E-state index contributed by atoms with van der Waals surface area (Å²) in [7, 11) is 1.54. The molecule has 2 aromatic carbocycles. The Hall–Kier alpha value is -2.93. The lowest BCUT2D eigenvalue weighted by molar-refractivity contribution is 0.415. The van der Waals surface area contributed by atoms with Crippen LogP contribution < -0.4 is 15.4 Å². The van der Waals surface area contributed by atoms with Crippen molar-refractivity contribution in [2.75, 3.05) is 17.7 Å². The topological polar surface area (TPSA) is 59.1 Å². The molecule has 3 aromatic rings. The number of rotatable bonds is 5. The van der Waals surface area contributed by atoms with E-state index in [1.54, 1.807) is 24.3 Å². The van der Waals surface area contributed by atoms with Crippen LogP contribution in [0.25, 0.3) is 0 Å². The largest absolute Gasteiger partial charge is 0.495 e. The van der Waals surface area contributed by atoms with Crippen LogP contribution >= 0.6 is 11.6 Å². The number of nitrogens with one attached hydrogen (secondary N) is 2. The van der Waals surface area contributed by atoms with Crippen LogP contribution in [0.15, 0.2) is 48.7 Å². The lowest BCUT2D eigenvalue weighted by Crippen LogP contribution is -2.01. The lowest BCUT2D eigenvalue weighted by atomic mass is 10.3. The van der Waals surface area contributed by atoms with Gasteiger partial charge in [-0.15, -0.1) is 0 Å². The summed E-state index contributed by atoms with van der Waals surface area (Å²) in [6.45, 7) is 0. The fraction of sp³-hybridized carbons (Fsp3) is 0.0588. The summed E-state index contributed by atoms with van der Waals surface area (Å²) >= 11 is 6.09. The van der Waals surface area contributed by atoms with Gasteiger partial charge in [-0.1, -0.05) is 11.6 Å². The highest BCUT2D eigenvalue weighted by Crippen LogP contribution is 2.28. The van der Waals surface area contributed by atoms with Gasteiger partial charge in [0.2, 0.25) is 5.95 Å². The maximum atomic E-state index is 13.3. The zero-order chi connectivity index (χ0) is 17.8. The summed E-state index contributed by atoms with van der Waals surface area (Å²) in [5.41, 5.74) is 1.05. The molecule has 0 unspecified atom stereocenters. The van der Waals surface area contributed by atoms with E-state index in [4.69, 9.17) is 16.3 Å². The summed E-state index contributed by atoms with van der Waals surface area (Å²) < 4.78 is 31.3. The molecule has 0 aliphatic rings. The molecule has 0 saturated carbocycles. The standard InChI is InChI=1S/C17H13ClF2N4O/c1-25-15-5-3-10(8-12(15)18)22-16-6-7-21-17(24-16)23-11-2-4-13(19)14(20)9-11/h2-9H,1H3,(H2,21,22,23,24). The number of methoxy groups -OCH3 is 1. The molecule has 2 N–H and O–H groups in total. The van der Waals surface area contributed by atoms with E-state index >= 15 is 0 Å². The van der Waals surface area contributed by atoms with Gasteiger partial charge in [0.05, 0.1) is 12.1 Å². The number of ether oxygens (including phenoxy) is 1. The maximum absolute atomic E-state index is 13.3. The molecule has 8 heteroatoms. The molecule has 0 atom stereocenters. The number of anilines is 4. The highest BCUT2D eigenvalue weighted by atomic mass is 35.5. The monoisotopic (exact) mass is 362 g/mol. The van der Waals surface area contributed by atoms with E-state index < -0.39 is 11.6 Å². The smallest absolute Gasteiger partial charge is 0.229 e. The van der Waals surface area contributed by atoms with Crippen molar-refractivity contribution in [2.45, 2.75) is 0 Å². The molecular weight excluding hydrogens is 350 g/mol.